The molecule has 4 nitrogen and oxygen atoms in total. The molecule has 0 radical (unpaired) electrons. The maximum atomic E-state index is 11.6. The fourth-order valence-electron chi connectivity index (χ4n) is 2.81. The molecule has 1 rings (SSSR count). The molecule has 0 fully saturated rings. The lowest BCUT2D eigenvalue weighted by Gasteiger charge is -2.20. The molecule has 2 N–H and O–H groups in total. The van der Waals surface area contributed by atoms with E-state index in [0.29, 0.717) is 5.56 Å². The van der Waals surface area contributed by atoms with E-state index in [2.05, 4.69) is 6.92 Å². The number of hydrogen-bond donors (Lipinski definition) is 2. The summed E-state index contributed by atoms with van der Waals surface area (Å²) in [4.78, 5) is 22.7. The molecule has 1 aromatic carbocycles. The Morgan fingerprint density at radius 1 is 1.10 bits per heavy atom. The number of aromatic carboxylic acids is 2. The molecule has 116 valence electrons. The molecule has 0 aromatic heterocycles. The molecular weight excluding hydrogens is 268 g/mol. The highest BCUT2D eigenvalue weighted by atomic mass is 16.4. The van der Waals surface area contributed by atoms with Crippen molar-refractivity contribution < 1.29 is 19.8 Å². The van der Waals surface area contributed by atoms with E-state index in [1.807, 2.05) is 6.92 Å². The van der Waals surface area contributed by atoms with Crippen LogP contribution in [0.4, 0.5) is 0 Å². The summed E-state index contributed by atoms with van der Waals surface area (Å²) in [5.41, 5.74) is 1.35. The molecule has 0 bridgehead atoms. The standard InChI is InChI=1S/C17H24O4/c1-4-6-7-8-12(5-2)14-10-9-13(16(18)19)11(3)15(14)17(20)21/h9-10,12H,4-8H2,1-3H3,(H,18,19)(H,20,21). The van der Waals surface area contributed by atoms with Crippen LogP contribution in [-0.4, -0.2) is 22.2 Å². The van der Waals surface area contributed by atoms with Crippen LogP contribution in [0, 0.1) is 6.92 Å². The van der Waals surface area contributed by atoms with Crippen LogP contribution in [0.5, 0.6) is 0 Å². The third kappa shape index (κ3) is 4.06. The topological polar surface area (TPSA) is 74.6 Å². The van der Waals surface area contributed by atoms with Crippen molar-refractivity contribution in [2.75, 3.05) is 0 Å². The van der Waals surface area contributed by atoms with Crippen LogP contribution in [0.3, 0.4) is 0 Å². The van der Waals surface area contributed by atoms with Crippen LogP contribution >= 0.6 is 0 Å². The molecule has 0 aliphatic carbocycles. The normalized spacial score (nSPS) is 12.1. The Bertz CT molecular complexity index is 520. The maximum absolute atomic E-state index is 11.6. The second kappa shape index (κ2) is 7.81. The summed E-state index contributed by atoms with van der Waals surface area (Å²) >= 11 is 0. The molecule has 21 heavy (non-hydrogen) atoms. The van der Waals surface area contributed by atoms with Gasteiger partial charge in [0.1, 0.15) is 0 Å². The van der Waals surface area contributed by atoms with Gasteiger partial charge in [-0.1, -0.05) is 39.2 Å². The molecule has 1 aromatic rings. The average molecular weight is 292 g/mol. The lowest BCUT2D eigenvalue weighted by molar-refractivity contribution is 0.0694. The molecule has 0 aliphatic rings. The summed E-state index contributed by atoms with van der Waals surface area (Å²) in [5.74, 6) is -1.95. The van der Waals surface area contributed by atoms with E-state index in [1.165, 1.54) is 6.07 Å². The van der Waals surface area contributed by atoms with Gasteiger partial charge >= 0.3 is 11.9 Å². The first-order valence-electron chi connectivity index (χ1n) is 7.54. The van der Waals surface area contributed by atoms with Crippen molar-refractivity contribution in [1.29, 1.82) is 0 Å². The zero-order valence-corrected chi connectivity index (χ0v) is 13.0. The number of hydrogen-bond acceptors (Lipinski definition) is 2. The predicted molar refractivity (Wildman–Crippen MR) is 82.3 cm³/mol. The Morgan fingerprint density at radius 2 is 1.76 bits per heavy atom. The van der Waals surface area contributed by atoms with Crippen LogP contribution < -0.4 is 0 Å². The highest BCUT2D eigenvalue weighted by Crippen LogP contribution is 2.31. The first-order valence-corrected chi connectivity index (χ1v) is 7.54. The average Bonchev–Trinajstić information content (AvgIpc) is 2.42. The van der Waals surface area contributed by atoms with E-state index >= 15 is 0 Å². The molecule has 0 aliphatic heterocycles. The highest BCUT2D eigenvalue weighted by molar-refractivity contribution is 5.97. The lowest BCUT2D eigenvalue weighted by atomic mass is 9.84. The summed E-state index contributed by atoms with van der Waals surface area (Å²) in [7, 11) is 0. The van der Waals surface area contributed by atoms with Gasteiger partial charge in [-0.3, -0.25) is 0 Å². The molecule has 0 saturated heterocycles. The van der Waals surface area contributed by atoms with Gasteiger partial charge in [-0.15, -0.1) is 0 Å². The molecule has 0 spiro atoms. The zero-order valence-electron chi connectivity index (χ0n) is 13.0. The fourth-order valence-corrected chi connectivity index (χ4v) is 2.81. The second-order valence-corrected chi connectivity index (χ2v) is 5.41. The van der Waals surface area contributed by atoms with E-state index in [1.54, 1.807) is 13.0 Å². The Morgan fingerprint density at radius 3 is 2.24 bits per heavy atom. The molecule has 1 atom stereocenters. The summed E-state index contributed by atoms with van der Waals surface area (Å²) in [6, 6.07) is 3.21. The minimum absolute atomic E-state index is 0.0690. The van der Waals surface area contributed by atoms with Gasteiger partial charge in [-0.2, -0.15) is 0 Å². The smallest absolute Gasteiger partial charge is 0.336 e. The largest absolute Gasteiger partial charge is 0.478 e. The monoisotopic (exact) mass is 292 g/mol. The number of benzene rings is 1. The molecule has 0 amide bonds. The Kier molecular flexibility index (Phi) is 6.40. The van der Waals surface area contributed by atoms with Crippen LogP contribution in [0.2, 0.25) is 0 Å². The van der Waals surface area contributed by atoms with E-state index in [0.717, 1.165) is 37.7 Å². The molecule has 0 heterocycles. The SMILES string of the molecule is CCCCCC(CC)c1ccc(C(=O)O)c(C)c1C(=O)O. The van der Waals surface area contributed by atoms with Crippen LogP contribution in [-0.2, 0) is 0 Å². The number of carboxylic acid groups (broad SMARTS) is 2. The van der Waals surface area contributed by atoms with Crippen molar-refractivity contribution >= 4 is 11.9 Å². The minimum Gasteiger partial charge on any atom is -0.478 e. The van der Waals surface area contributed by atoms with Gasteiger partial charge in [0.25, 0.3) is 0 Å². The Hall–Kier alpha value is -1.84. The van der Waals surface area contributed by atoms with Gasteiger partial charge in [-0.25, -0.2) is 9.59 Å². The predicted octanol–water partition coefficient (Wildman–Crippen LogP) is 4.47. The van der Waals surface area contributed by atoms with Crippen molar-refractivity contribution in [1.82, 2.24) is 0 Å². The van der Waals surface area contributed by atoms with Gasteiger partial charge in [0.15, 0.2) is 0 Å². The number of carboxylic acids is 2. The summed E-state index contributed by atoms with van der Waals surface area (Å²) < 4.78 is 0. The van der Waals surface area contributed by atoms with Crippen LogP contribution in [0.15, 0.2) is 12.1 Å². The number of carbonyl (C=O) groups is 2. The zero-order chi connectivity index (χ0) is 16.0. The molecule has 4 heteroatoms. The quantitative estimate of drug-likeness (QED) is 0.693. The van der Waals surface area contributed by atoms with Crippen molar-refractivity contribution in [3.63, 3.8) is 0 Å². The van der Waals surface area contributed by atoms with Crippen molar-refractivity contribution in [3.05, 3.63) is 34.4 Å². The number of rotatable bonds is 8. The number of unbranched alkanes of at least 4 members (excludes halogenated alkanes) is 2. The third-order valence-electron chi connectivity index (χ3n) is 4.03. The molecule has 1 unspecified atom stereocenters. The van der Waals surface area contributed by atoms with E-state index in [-0.39, 0.29) is 17.0 Å². The Labute approximate surface area is 125 Å². The van der Waals surface area contributed by atoms with E-state index < -0.39 is 11.9 Å². The first-order chi connectivity index (χ1) is 9.93. The van der Waals surface area contributed by atoms with Gasteiger partial charge in [0.2, 0.25) is 0 Å². The van der Waals surface area contributed by atoms with Gasteiger partial charge in [-0.05, 0) is 42.9 Å². The maximum Gasteiger partial charge on any atom is 0.336 e. The fraction of sp³-hybridized carbons (Fsp3) is 0.529. The highest BCUT2D eigenvalue weighted by Gasteiger charge is 2.23. The van der Waals surface area contributed by atoms with Crippen LogP contribution in [0.1, 0.15) is 83.7 Å². The first kappa shape index (κ1) is 17.2. The molecular formula is C17H24O4. The van der Waals surface area contributed by atoms with Gasteiger partial charge in [0.05, 0.1) is 11.1 Å². The van der Waals surface area contributed by atoms with Crippen molar-refractivity contribution in [2.24, 2.45) is 0 Å². The van der Waals surface area contributed by atoms with Gasteiger partial charge < -0.3 is 10.2 Å². The summed E-state index contributed by atoms with van der Waals surface area (Å²) in [6.45, 7) is 5.76. The van der Waals surface area contributed by atoms with Crippen molar-refractivity contribution in [3.8, 4) is 0 Å². The Balaban J connectivity index is 3.24. The van der Waals surface area contributed by atoms with E-state index in [9.17, 15) is 14.7 Å². The summed E-state index contributed by atoms with van der Waals surface area (Å²) in [6.07, 6.45) is 5.12. The third-order valence-corrected chi connectivity index (χ3v) is 4.03. The van der Waals surface area contributed by atoms with Crippen molar-refractivity contribution in [2.45, 2.75) is 58.8 Å². The second-order valence-electron chi connectivity index (χ2n) is 5.41. The van der Waals surface area contributed by atoms with E-state index in [4.69, 9.17) is 5.11 Å². The molecule has 0 saturated carbocycles. The minimum atomic E-state index is -1.08. The van der Waals surface area contributed by atoms with Gasteiger partial charge in [0, 0.05) is 0 Å². The summed E-state index contributed by atoms with van der Waals surface area (Å²) in [5, 5.41) is 18.6. The lowest BCUT2D eigenvalue weighted by Crippen LogP contribution is -2.13. The van der Waals surface area contributed by atoms with Crippen LogP contribution in [0.25, 0.3) is 0 Å².